The fraction of sp³-hybridized carbons (Fsp3) is 0.250. The second-order valence-corrected chi connectivity index (χ2v) is 5.77. The van der Waals surface area contributed by atoms with Gasteiger partial charge in [-0.2, -0.15) is 0 Å². The first-order chi connectivity index (χ1) is 8.70. The Hall–Kier alpha value is -0.870. The van der Waals surface area contributed by atoms with E-state index in [0.717, 1.165) is 6.42 Å². The second kappa shape index (κ2) is 6.34. The highest BCUT2D eigenvalue weighted by molar-refractivity contribution is 14.1. The third-order valence-electron chi connectivity index (χ3n) is 3.09. The van der Waals surface area contributed by atoms with E-state index >= 15 is 0 Å². The molecule has 2 heteroatoms. The molecule has 0 saturated heterocycles. The lowest BCUT2D eigenvalue weighted by atomic mass is 9.98. The van der Waals surface area contributed by atoms with Gasteiger partial charge in [0.25, 0.3) is 0 Å². The normalized spacial score (nSPS) is 12.4. The molecule has 1 atom stereocenters. The zero-order valence-electron chi connectivity index (χ0n) is 10.6. The number of nitrogens with two attached hydrogens (primary N) is 1. The first-order valence-corrected chi connectivity index (χ1v) is 7.38. The lowest BCUT2D eigenvalue weighted by molar-refractivity contribution is 0.864. The van der Waals surface area contributed by atoms with Crippen molar-refractivity contribution in [1.82, 2.24) is 0 Å². The third-order valence-corrected chi connectivity index (χ3v) is 3.76. The molecule has 0 amide bonds. The van der Waals surface area contributed by atoms with Crippen molar-refractivity contribution in [3.8, 4) is 0 Å². The number of rotatable bonds is 4. The van der Waals surface area contributed by atoms with Gasteiger partial charge in [0.2, 0.25) is 0 Å². The van der Waals surface area contributed by atoms with Crippen LogP contribution >= 0.6 is 22.6 Å². The summed E-state index contributed by atoms with van der Waals surface area (Å²) >= 11 is 2.32. The molecule has 0 aliphatic rings. The van der Waals surface area contributed by atoms with Crippen molar-refractivity contribution < 1.29 is 0 Å². The van der Waals surface area contributed by atoms with Crippen LogP contribution in [0.4, 0.5) is 0 Å². The molecular weight excluding hydrogens is 333 g/mol. The summed E-state index contributed by atoms with van der Waals surface area (Å²) in [6, 6.07) is 17.0. The topological polar surface area (TPSA) is 26.0 Å². The predicted octanol–water partition coefficient (Wildman–Crippen LogP) is 4.29. The van der Waals surface area contributed by atoms with Gasteiger partial charge < -0.3 is 5.73 Å². The van der Waals surface area contributed by atoms with Gasteiger partial charge in [0, 0.05) is 3.57 Å². The number of benzene rings is 2. The van der Waals surface area contributed by atoms with Crippen molar-refractivity contribution in [2.24, 2.45) is 5.73 Å². The lowest BCUT2D eigenvalue weighted by Crippen LogP contribution is -2.11. The van der Waals surface area contributed by atoms with Gasteiger partial charge in [0.1, 0.15) is 0 Å². The minimum Gasteiger partial charge on any atom is -0.320 e. The molecule has 94 valence electrons. The largest absolute Gasteiger partial charge is 0.320 e. The van der Waals surface area contributed by atoms with E-state index in [1.165, 1.54) is 26.7 Å². The summed E-state index contributed by atoms with van der Waals surface area (Å²) in [5.41, 5.74) is 10.0. The molecule has 18 heavy (non-hydrogen) atoms. The predicted molar refractivity (Wildman–Crippen MR) is 85.6 cm³/mol. The molecule has 1 unspecified atom stereocenters. The van der Waals surface area contributed by atoms with Crippen LogP contribution in [0.25, 0.3) is 0 Å². The van der Waals surface area contributed by atoms with E-state index in [4.69, 9.17) is 5.73 Å². The minimum atomic E-state index is -0.0320. The molecule has 1 nitrogen and oxygen atoms in total. The molecule has 0 radical (unpaired) electrons. The van der Waals surface area contributed by atoms with Gasteiger partial charge in [-0.1, -0.05) is 49.7 Å². The van der Waals surface area contributed by atoms with Gasteiger partial charge in [-0.25, -0.2) is 0 Å². The van der Waals surface area contributed by atoms with Gasteiger partial charge in [-0.15, -0.1) is 0 Å². The van der Waals surface area contributed by atoms with Crippen LogP contribution in [0, 0.1) is 3.57 Å². The number of aryl methyl sites for hydroxylation is 1. The Kier molecular flexibility index (Phi) is 4.78. The summed E-state index contributed by atoms with van der Waals surface area (Å²) in [5, 5.41) is 0. The highest BCUT2D eigenvalue weighted by Gasteiger charge is 2.08. The van der Waals surface area contributed by atoms with Crippen molar-refractivity contribution in [2.45, 2.75) is 25.8 Å². The van der Waals surface area contributed by atoms with Crippen LogP contribution in [-0.2, 0) is 6.42 Å². The fourth-order valence-electron chi connectivity index (χ4n) is 2.07. The number of hydrogen-bond donors (Lipinski definition) is 1. The molecule has 0 bridgehead atoms. The van der Waals surface area contributed by atoms with E-state index < -0.39 is 0 Å². The minimum absolute atomic E-state index is 0.0320. The zero-order valence-corrected chi connectivity index (χ0v) is 12.7. The van der Waals surface area contributed by atoms with E-state index in [1.807, 2.05) is 0 Å². The smallest absolute Gasteiger partial charge is 0.0552 e. The summed E-state index contributed by atoms with van der Waals surface area (Å²) in [5.74, 6) is 0. The maximum atomic E-state index is 6.31. The molecule has 0 saturated carbocycles. The maximum absolute atomic E-state index is 6.31. The van der Waals surface area contributed by atoms with Gasteiger partial charge >= 0.3 is 0 Å². The Bertz CT molecular complexity index is 505. The van der Waals surface area contributed by atoms with Crippen LogP contribution < -0.4 is 5.73 Å². The van der Waals surface area contributed by atoms with Gasteiger partial charge in [0.05, 0.1) is 6.04 Å². The van der Waals surface area contributed by atoms with Crippen LogP contribution in [0.15, 0.2) is 48.5 Å². The molecule has 0 spiro atoms. The summed E-state index contributed by atoms with van der Waals surface area (Å²) in [4.78, 5) is 0. The Balaban J connectivity index is 2.20. The Labute approximate surface area is 123 Å². The molecule has 0 fully saturated rings. The first kappa shape index (κ1) is 13.6. The molecule has 2 aromatic rings. The quantitative estimate of drug-likeness (QED) is 0.817. The Morgan fingerprint density at radius 2 is 1.78 bits per heavy atom. The summed E-state index contributed by atoms with van der Waals surface area (Å²) in [6.07, 6.45) is 2.32. The van der Waals surface area contributed by atoms with Gasteiger partial charge in [-0.3, -0.25) is 0 Å². The van der Waals surface area contributed by atoms with Gasteiger partial charge in [0.15, 0.2) is 0 Å². The Morgan fingerprint density at radius 3 is 2.39 bits per heavy atom. The van der Waals surface area contributed by atoms with Crippen LogP contribution in [0.1, 0.15) is 36.1 Å². The average Bonchev–Trinajstić information content (AvgIpc) is 2.39. The lowest BCUT2D eigenvalue weighted by Gasteiger charge is -2.13. The molecule has 2 aromatic carbocycles. The van der Waals surface area contributed by atoms with E-state index in [0.29, 0.717) is 0 Å². The molecule has 0 aromatic heterocycles. The molecule has 0 aliphatic carbocycles. The average molecular weight is 351 g/mol. The second-order valence-electron chi connectivity index (χ2n) is 4.52. The monoisotopic (exact) mass is 351 g/mol. The van der Waals surface area contributed by atoms with E-state index in [9.17, 15) is 0 Å². The molecular formula is C16H18IN. The first-order valence-electron chi connectivity index (χ1n) is 6.30. The van der Waals surface area contributed by atoms with Crippen LogP contribution in [0.3, 0.4) is 0 Å². The SMILES string of the molecule is CCCc1ccc(C(N)c2cccc(I)c2)cc1. The van der Waals surface area contributed by atoms with Crippen molar-refractivity contribution in [1.29, 1.82) is 0 Å². The zero-order chi connectivity index (χ0) is 13.0. The van der Waals surface area contributed by atoms with E-state index in [1.54, 1.807) is 0 Å². The van der Waals surface area contributed by atoms with Crippen molar-refractivity contribution in [3.63, 3.8) is 0 Å². The van der Waals surface area contributed by atoms with E-state index in [-0.39, 0.29) is 6.04 Å². The van der Waals surface area contributed by atoms with Crippen molar-refractivity contribution >= 4 is 22.6 Å². The van der Waals surface area contributed by atoms with E-state index in [2.05, 4.69) is 78.0 Å². The van der Waals surface area contributed by atoms with Crippen LogP contribution in [0.2, 0.25) is 0 Å². The van der Waals surface area contributed by atoms with Gasteiger partial charge in [-0.05, 0) is 57.8 Å². The maximum Gasteiger partial charge on any atom is 0.0552 e. The molecule has 0 aliphatic heterocycles. The van der Waals surface area contributed by atoms with Crippen LogP contribution in [0.5, 0.6) is 0 Å². The van der Waals surface area contributed by atoms with Crippen molar-refractivity contribution in [2.75, 3.05) is 0 Å². The summed E-state index contributed by atoms with van der Waals surface area (Å²) < 4.78 is 1.23. The number of halogens is 1. The number of hydrogen-bond acceptors (Lipinski definition) is 1. The highest BCUT2D eigenvalue weighted by atomic mass is 127. The Morgan fingerprint density at radius 1 is 1.06 bits per heavy atom. The summed E-state index contributed by atoms with van der Waals surface area (Å²) in [7, 11) is 0. The molecule has 0 heterocycles. The van der Waals surface area contributed by atoms with Crippen LogP contribution in [-0.4, -0.2) is 0 Å². The fourth-order valence-corrected chi connectivity index (χ4v) is 2.64. The standard InChI is InChI=1S/C16H18IN/c1-2-4-12-7-9-13(10-8-12)16(18)14-5-3-6-15(17)11-14/h3,5-11,16H,2,4,18H2,1H3. The third kappa shape index (κ3) is 3.33. The molecule has 2 rings (SSSR count). The molecule has 2 N–H and O–H groups in total. The summed E-state index contributed by atoms with van der Waals surface area (Å²) in [6.45, 7) is 2.20. The van der Waals surface area contributed by atoms with Crippen molar-refractivity contribution in [3.05, 3.63) is 68.8 Å². The highest BCUT2D eigenvalue weighted by Crippen LogP contribution is 2.21.